The average molecular weight is 255 g/mol. The molecule has 1 fully saturated rings. The molecule has 0 radical (unpaired) electrons. The van der Waals surface area contributed by atoms with Gasteiger partial charge in [-0.15, -0.1) is 0 Å². The number of hydrogen-bond acceptors (Lipinski definition) is 5. The van der Waals surface area contributed by atoms with Gasteiger partial charge in [-0.25, -0.2) is 8.42 Å². The minimum absolute atomic E-state index is 0.0128. The average Bonchev–Trinajstić information content (AvgIpc) is 2.60. The van der Waals surface area contributed by atoms with E-state index in [4.69, 9.17) is 5.73 Å². The van der Waals surface area contributed by atoms with Crippen LogP contribution in [0.15, 0.2) is 23.4 Å². The zero-order valence-corrected chi connectivity index (χ0v) is 10.1. The molecular formula is C10H13N3O3S. The highest BCUT2D eigenvalue weighted by atomic mass is 32.2. The third kappa shape index (κ3) is 1.86. The summed E-state index contributed by atoms with van der Waals surface area (Å²) in [6.45, 7) is 0.452. The molecule has 0 saturated carbocycles. The van der Waals surface area contributed by atoms with E-state index in [9.17, 15) is 13.2 Å². The molecular weight excluding hydrogens is 242 g/mol. The van der Waals surface area contributed by atoms with E-state index in [1.807, 2.05) is 0 Å². The topological polar surface area (TPSA) is 93.4 Å². The number of likely N-dealkylation sites (tertiary alicyclic amines) is 1. The van der Waals surface area contributed by atoms with Crippen LogP contribution in [0, 0.1) is 0 Å². The molecule has 0 spiro atoms. The maximum Gasteiger partial charge on any atom is 0.241 e. The van der Waals surface area contributed by atoms with E-state index < -0.39 is 15.1 Å². The molecule has 2 heterocycles. The summed E-state index contributed by atoms with van der Waals surface area (Å²) < 4.78 is 24.5. The minimum atomic E-state index is -3.71. The molecule has 1 saturated heterocycles. The molecule has 0 bridgehead atoms. The molecule has 1 aromatic rings. The van der Waals surface area contributed by atoms with E-state index in [0.29, 0.717) is 13.0 Å². The predicted molar refractivity (Wildman–Crippen MR) is 61.9 cm³/mol. The van der Waals surface area contributed by atoms with Crippen molar-refractivity contribution >= 4 is 21.4 Å². The summed E-state index contributed by atoms with van der Waals surface area (Å²) >= 11 is 0. The fourth-order valence-corrected chi connectivity index (χ4v) is 3.68. The Morgan fingerprint density at radius 2 is 2.24 bits per heavy atom. The first-order valence-electron chi connectivity index (χ1n) is 5.13. The van der Waals surface area contributed by atoms with Gasteiger partial charge >= 0.3 is 0 Å². The number of anilines is 1. The molecule has 1 aliphatic rings. The van der Waals surface area contributed by atoms with Gasteiger partial charge in [0, 0.05) is 19.8 Å². The van der Waals surface area contributed by atoms with Crippen molar-refractivity contribution in [2.24, 2.45) is 0 Å². The van der Waals surface area contributed by atoms with Gasteiger partial charge in [-0.3, -0.25) is 9.78 Å². The standard InChI is InChI=1S/C10H13N3O3S/c1-13-5-3-9(10(13)14)17(15,16)8-2-4-12-6-7(8)11/h2,4,6,9H,3,5,11H2,1H3. The SMILES string of the molecule is CN1CCC(S(=O)(=O)c2ccncc2N)C1=O. The molecule has 2 N–H and O–H groups in total. The van der Waals surface area contributed by atoms with Crippen LogP contribution in [-0.4, -0.2) is 43.1 Å². The normalized spacial score (nSPS) is 20.9. The zero-order chi connectivity index (χ0) is 12.6. The second kappa shape index (κ2) is 3.99. The van der Waals surface area contributed by atoms with Crippen LogP contribution in [0.3, 0.4) is 0 Å². The maximum absolute atomic E-state index is 12.3. The second-order valence-corrected chi connectivity index (χ2v) is 6.09. The number of nitrogen functional groups attached to an aromatic ring is 1. The third-order valence-electron chi connectivity index (χ3n) is 2.87. The van der Waals surface area contributed by atoms with Crippen LogP contribution < -0.4 is 5.73 Å². The van der Waals surface area contributed by atoms with Crippen molar-refractivity contribution in [2.75, 3.05) is 19.3 Å². The number of carbonyl (C=O) groups is 1. The Bertz CT molecular complexity index is 556. The summed E-state index contributed by atoms with van der Waals surface area (Å²) in [6.07, 6.45) is 2.93. The van der Waals surface area contributed by atoms with Crippen molar-refractivity contribution in [3.8, 4) is 0 Å². The summed E-state index contributed by atoms with van der Waals surface area (Å²) in [4.78, 5) is 16.9. The first-order chi connectivity index (χ1) is 7.94. The fraction of sp³-hybridized carbons (Fsp3) is 0.400. The highest BCUT2D eigenvalue weighted by Crippen LogP contribution is 2.27. The van der Waals surface area contributed by atoms with Crippen molar-refractivity contribution in [3.05, 3.63) is 18.5 Å². The van der Waals surface area contributed by atoms with Crippen molar-refractivity contribution in [1.29, 1.82) is 0 Å². The van der Waals surface area contributed by atoms with Crippen molar-refractivity contribution in [2.45, 2.75) is 16.6 Å². The van der Waals surface area contributed by atoms with Gasteiger partial charge in [0.15, 0.2) is 9.84 Å². The first-order valence-corrected chi connectivity index (χ1v) is 6.67. The summed E-state index contributed by atoms with van der Waals surface area (Å²) in [6, 6.07) is 1.33. The molecule has 17 heavy (non-hydrogen) atoms. The van der Waals surface area contributed by atoms with E-state index in [0.717, 1.165) is 0 Å². The molecule has 2 rings (SSSR count). The highest BCUT2D eigenvalue weighted by molar-refractivity contribution is 7.93. The number of hydrogen-bond donors (Lipinski definition) is 1. The van der Waals surface area contributed by atoms with Crippen LogP contribution in [0.25, 0.3) is 0 Å². The van der Waals surface area contributed by atoms with E-state index in [2.05, 4.69) is 4.98 Å². The largest absolute Gasteiger partial charge is 0.396 e. The molecule has 1 atom stereocenters. The number of pyridine rings is 1. The van der Waals surface area contributed by atoms with E-state index in [-0.39, 0.29) is 16.5 Å². The smallest absolute Gasteiger partial charge is 0.241 e. The van der Waals surface area contributed by atoms with Crippen molar-refractivity contribution in [1.82, 2.24) is 9.88 Å². The quantitative estimate of drug-likeness (QED) is 0.781. The van der Waals surface area contributed by atoms with Crippen LogP contribution in [0.5, 0.6) is 0 Å². The lowest BCUT2D eigenvalue weighted by molar-refractivity contribution is -0.126. The molecule has 6 nitrogen and oxygen atoms in total. The molecule has 0 aliphatic carbocycles. The number of amides is 1. The van der Waals surface area contributed by atoms with Gasteiger partial charge in [-0.05, 0) is 12.5 Å². The molecule has 1 aromatic heterocycles. The summed E-state index contributed by atoms with van der Waals surface area (Å²) in [5, 5.41) is -1.02. The van der Waals surface area contributed by atoms with E-state index in [1.54, 1.807) is 7.05 Å². The fourth-order valence-electron chi connectivity index (χ4n) is 1.88. The van der Waals surface area contributed by atoms with E-state index >= 15 is 0 Å². The van der Waals surface area contributed by atoms with Crippen LogP contribution in [-0.2, 0) is 14.6 Å². The van der Waals surface area contributed by atoms with Gasteiger partial charge in [0.25, 0.3) is 0 Å². The molecule has 92 valence electrons. The van der Waals surface area contributed by atoms with Gasteiger partial charge in [0.2, 0.25) is 5.91 Å². The molecule has 1 unspecified atom stereocenters. The number of nitrogens with two attached hydrogens (primary N) is 1. The number of sulfone groups is 1. The van der Waals surface area contributed by atoms with Crippen molar-refractivity contribution < 1.29 is 13.2 Å². The number of carbonyl (C=O) groups excluding carboxylic acids is 1. The Labute approximate surface area is 99.4 Å². The summed E-state index contributed by atoms with van der Waals surface area (Å²) in [5.74, 6) is -0.374. The Kier molecular flexibility index (Phi) is 2.78. The minimum Gasteiger partial charge on any atom is -0.396 e. The molecule has 1 aliphatic heterocycles. The first kappa shape index (κ1) is 11.8. The third-order valence-corrected chi connectivity index (χ3v) is 5.04. The highest BCUT2D eigenvalue weighted by Gasteiger charge is 2.41. The molecule has 1 amide bonds. The van der Waals surface area contributed by atoms with Gasteiger partial charge in [0.05, 0.1) is 16.8 Å². The lowest BCUT2D eigenvalue weighted by Gasteiger charge is -2.12. The van der Waals surface area contributed by atoms with Gasteiger partial charge in [-0.1, -0.05) is 0 Å². The Hall–Kier alpha value is -1.63. The van der Waals surface area contributed by atoms with Gasteiger partial charge in [0.1, 0.15) is 5.25 Å². The maximum atomic E-state index is 12.3. The van der Waals surface area contributed by atoms with Crippen LogP contribution in [0.2, 0.25) is 0 Å². The number of rotatable bonds is 2. The lowest BCUT2D eigenvalue weighted by atomic mass is 10.4. The molecule has 7 heteroatoms. The van der Waals surface area contributed by atoms with Crippen molar-refractivity contribution in [3.63, 3.8) is 0 Å². The number of nitrogens with zero attached hydrogens (tertiary/aromatic N) is 2. The zero-order valence-electron chi connectivity index (χ0n) is 9.33. The molecule has 0 aromatic carbocycles. The number of aromatic nitrogens is 1. The van der Waals surface area contributed by atoms with Crippen LogP contribution in [0.1, 0.15) is 6.42 Å². The van der Waals surface area contributed by atoms with Gasteiger partial charge in [-0.2, -0.15) is 0 Å². The second-order valence-electron chi connectivity index (χ2n) is 4.00. The summed E-state index contributed by atoms with van der Waals surface area (Å²) in [5.41, 5.74) is 5.67. The Balaban J connectivity index is 2.45. The van der Waals surface area contributed by atoms with Crippen LogP contribution in [0.4, 0.5) is 5.69 Å². The van der Waals surface area contributed by atoms with Gasteiger partial charge < -0.3 is 10.6 Å². The summed E-state index contributed by atoms with van der Waals surface area (Å²) in [7, 11) is -2.12. The predicted octanol–water partition coefficient (Wildman–Crippen LogP) is -0.332. The lowest BCUT2D eigenvalue weighted by Crippen LogP contribution is -2.32. The Morgan fingerprint density at radius 3 is 2.76 bits per heavy atom. The van der Waals surface area contributed by atoms with E-state index in [1.165, 1.54) is 23.4 Å². The Morgan fingerprint density at radius 1 is 1.53 bits per heavy atom. The van der Waals surface area contributed by atoms with Crippen LogP contribution >= 0.6 is 0 Å². The monoisotopic (exact) mass is 255 g/mol.